The molecule has 1 N–H and O–H groups in total. The van der Waals surface area contributed by atoms with Crippen molar-refractivity contribution in [2.24, 2.45) is 0 Å². The SMILES string of the molecule is Cc1ccc(C)c(CN2CCOc3ccc(C(C)(O)CN(C)C)cc3C2)c1. The van der Waals surface area contributed by atoms with E-state index in [-0.39, 0.29) is 0 Å². The lowest BCUT2D eigenvalue weighted by Crippen LogP contribution is -2.34. The molecule has 1 aliphatic heterocycles. The topological polar surface area (TPSA) is 35.9 Å². The van der Waals surface area contributed by atoms with Gasteiger partial charge in [-0.3, -0.25) is 4.90 Å². The Morgan fingerprint density at radius 1 is 1.15 bits per heavy atom. The Labute approximate surface area is 163 Å². The van der Waals surface area contributed by atoms with Crippen LogP contribution in [0.1, 0.15) is 34.7 Å². The van der Waals surface area contributed by atoms with E-state index in [1.54, 1.807) is 0 Å². The summed E-state index contributed by atoms with van der Waals surface area (Å²) < 4.78 is 5.99. The minimum Gasteiger partial charge on any atom is -0.492 e. The normalized spacial score (nSPS) is 17.1. The Balaban J connectivity index is 1.83. The number of benzene rings is 2. The van der Waals surface area contributed by atoms with E-state index < -0.39 is 5.60 Å². The summed E-state index contributed by atoms with van der Waals surface area (Å²) in [6.45, 7) is 10.1. The van der Waals surface area contributed by atoms with Gasteiger partial charge in [0.1, 0.15) is 12.4 Å². The van der Waals surface area contributed by atoms with Crippen LogP contribution >= 0.6 is 0 Å². The number of hydrogen-bond acceptors (Lipinski definition) is 4. The van der Waals surface area contributed by atoms with Crippen LogP contribution in [0.15, 0.2) is 36.4 Å². The molecule has 0 saturated heterocycles. The molecule has 2 aromatic rings. The Morgan fingerprint density at radius 3 is 2.67 bits per heavy atom. The third-order valence-electron chi connectivity index (χ3n) is 5.26. The summed E-state index contributed by atoms with van der Waals surface area (Å²) in [4.78, 5) is 4.44. The van der Waals surface area contributed by atoms with Crippen molar-refractivity contribution < 1.29 is 9.84 Å². The van der Waals surface area contributed by atoms with E-state index in [1.165, 1.54) is 16.7 Å². The average Bonchev–Trinajstić information content (AvgIpc) is 2.78. The lowest BCUT2D eigenvalue weighted by Gasteiger charge is -2.28. The van der Waals surface area contributed by atoms with Crippen molar-refractivity contribution in [3.05, 3.63) is 64.2 Å². The molecule has 0 bridgehead atoms. The maximum absolute atomic E-state index is 10.9. The van der Waals surface area contributed by atoms with Gasteiger partial charge in [-0.15, -0.1) is 0 Å². The first kappa shape index (κ1) is 19.9. The largest absolute Gasteiger partial charge is 0.492 e. The molecule has 1 unspecified atom stereocenters. The summed E-state index contributed by atoms with van der Waals surface area (Å²) >= 11 is 0. The molecule has 27 heavy (non-hydrogen) atoms. The van der Waals surface area contributed by atoms with Gasteiger partial charge < -0.3 is 14.7 Å². The first-order valence-electron chi connectivity index (χ1n) is 9.66. The highest BCUT2D eigenvalue weighted by Gasteiger charge is 2.26. The molecule has 2 aromatic carbocycles. The third-order valence-corrected chi connectivity index (χ3v) is 5.26. The van der Waals surface area contributed by atoms with E-state index in [1.807, 2.05) is 38.1 Å². The third kappa shape index (κ3) is 4.89. The maximum atomic E-state index is 10.9. The molecule has 0 aliphatic carbocycles. The van der Waals surface area contributed by atoms with Crippen LogP contribution in [0.3, 0.4) is 0 Å². The second-order valence-corrected chi connectivity index (χ2v) is 8.32. The average molecular weight is 369 g/mol. The molecule has 0 saturated carbocycles. The second-order valence-electron chi connectivity index (χ2n) is 8.32. The smallest absolute Gasteiger partial charge is 0.123 e. The van der Waals surface area contributed by atoms with Gasteiger partial charge in [0.2, 0.25) is 0 Å². The van der Waals surface area contributed by atoms with Crippen molar-refractivity contribution >= 4 is 0 Å². The Morgan fingerprint density at radius 2 is 1.93 bits per heavy atom. The van der Waals surface area contributed by atoms with Gasteiger partial charge >= 0.3 is 0 Å². The highest BCUT2D eigenvalue weighted by molar-refractivity contribution is 5.40. The summed E-state index contributed by atoms with van der Waals surface area (Å²) in [5.41, 5.74) is 5.19. The molecule has 0 fully saturated rings. The van der Waals surface area contributed by atoms with Gasteiger partial charge in [0.25, 0.3) is 0 Å². The number of fused-ring (bicyclic) bond motifs is 1. The first-order valence-corrected chi connectivity index (χ1v) is 9.66. The molecule has 4 nitrogen and oxygen atoms in total. The Bertz CT molecular complexity index is 799. The van der Waals surface area contributed by atoms with Gasteiger partial charge in [-0.2, -0.15) is 0 Å². The molecule has 1 aliphatic rings. The van der Waals surface area contributed by atoms with Gasteiger partial charge in [0.05, 0.1) is 5.60 Å². The summed E-state index contributed by atoms with van der Waals surface area (Å²) in [5.74, 6) is 0.933. The van der Waals surface area contributed by atoms with E-state index in [2.05, 4.69) is 43.0 Å². The van der Waals surface area contributed by atoms with Crippen LogP contribution in [-0.2, 0) is 18.7 Å². The minimum absolute atomic E-state index is 0.582. The van der Waals surface area contributed by atoms with Crippen molar-refractivity contribution in [2.45, 2.75) is 39.5 Å². The van der Waals surface area contributed by atoms with Crippen LogP contribution in [0.5, 0.6) is 5.75 Å². The van der Waals surface area contributed by atoms with Gasteiger partial charge in [-0.1, -0.05) is 29.8 Å². The van der Waals surface area contributed by atoms with Crippen LogP contribution in [0.4, 0.5) is 0 Å². The van der Waals surface area contributed by atoms with Crippen molar-refractivity contribution in [3.63, 3.8) is 0 Å². The van der Waals surface area contributed by atoms with Crippen molar-refractivity contribution in [1.82, 2.24) is 9.80 Å². The van der Waals surface area contributed by atoms with Crippen LogP contribution in [0.2, 0.25) is 0 Å². The molecule has 0 radical (unpaired) electrons. The quantitative estimate of drug-likeness (QED) is 0.877. The van der Waals surface area contributed by atoms with Crippen LogP contribution < -0.4 is 4.74 Å². The van der Waals surface area contributed by atoms with Gasteiger partial charge in [-0.25, -0.2) is 0 Å². The zero-order valence-corrected chi connectivity index (χ0v) is 17.2. The second kappa shape index (κ2) is 8.01. The summed E-state index contributed by atoms with van der Waals surface area (Å²) in [6.07, 6.45) is 0. The molecular formula is C23H32N2O2. The summed E-state index contributed by atoms with van der Waals surface area (Å²) in [6, 6.07) is 12.8. The number of ether oxygens (including phenoxy) is 1. The molecule has 1 atom stereocenters. The predicted molar refractivity (Wildman–Crippen MR) is 110 cm³/mol. The fourth-order valence-electron chi connectivity index (χ4n) is 3.84. The standard InChI is InChI=1S/C23H32N2O2/c1-17-6-7-18(2)19(12-17)14-25-10-11-27-22-9-8-21(13-20(22)15-25)23(3,26)16-24(4)5/h6-9,12-13,26H,10-11,14-16H2,1-5H3. The van der Waals surface area contributed by atoms with Crippen LogP contribution in [0, 0.1) is 13.8 Å². The highest BCUT2D eigenvalue weighted by atomic mass is 16.5. The molecule has 4 heteroatoms. The number of rotatable bonds is 5. The van der Waals surface area contributed by atoms with Gasteiger partial charge in [0.15, 0.2) is 0 Å². The molecule has 0 aromatic heterocycles. The monoisotopic (exact) mass is 368 g/mol. The molecule has 0 amide bonds. The van der Waals surface area contributed by atoms with Crippen molar-refractivity contribution in [3.8, 4) is 5.75 Å². The Hall–Kier alpha value is -1.88. The van der Waals surface area contributed by atoms with Crippen LogP contribution in [-0.4, -0.2) is 48.7 Å². The maximum Gasteiger partial charge on any atom is 0.123 e. The lowest BCUT2D eigenvalue weighted by molar-refractivity contribution is 0.0299. The van der Waals surface area contributed by atoms with E-state index in [0.717, 1.165) is 36.5 Å². The summed E-state index contributed by atoms with van der Waals surface area (Å²) in [7, 11) is 3.96. The van der Waals surface area contributed by atoms with E-state index in [9.17, 15) is 5.11 Å². The number of likely N-dealkylation sites (N-methyl/N-ethyl adjacent to an activating group) is 1. The number of nitrogens with zero attached hydrogens (tertiary/aromatic N) is 2. The fourth-order valence-corrected chi connectivity index (χ4v) is 3.84. The van der Waals surface area contributed by atoms with Gasteiger partial charge in [-0.05, 0) is 63.7 Å². The van der Waals surface area contributed by atoms with E-state index in [0.29, 0.717) is 13.2 Å². The lowest BCUT2D eigenvalue weighted by atomic mass is 9.93. The number of aryl methyl sites for hydroxylation is 2. The van der Waals surface area contributed by atoms with Crippen molar-refractivity contribution in [1.29, 1.82) is 0 Å². The van der Waals surface area contributed by atoms with Crippen LogP contribution in [0.25, 0.3) is 0 Å². The zero-order chi connectivity index (χ0) is 19.6. The highest BCUT2D eigenvalue weighted by Crippen LogP contribution is 2.30. The number of aliphatic hydroxyl groups is 1. The minimum atomic E-state index is -0.886. The number of hydrogen-bond donors (Lipinski definition) is 1. The molecule has 146 valence electrons. The van der Waals surface area contributed by atoms with Crippen molar-refractivity contribution in [2.75, 3.05) is 33.8 Å². The first-order chi connectivity index (χ1) is 12.7. The fraction of sp³-hybridized carbons (Fsp3) is 0.478. The van der Waals surface area contributed by atoms with E-state index in [4.69, 9.17) is 4.74 Å². The van der Waals surface area contributed by atoms with E-state index >= 15 is 0 Å². The molecule has 0 spiro atoms. The molecular weight excluding hydrogens is 336 g/mol. The molecule has 1 heterocycles. The predicted octanol–water partition coefficient (Wildman–Crippen LogP) is 3.47. The molecule has 3 rings (SSSR count). The Kier molecular flexibility index (Phi) is 5.89. The van der Waals surface area contributed by atoms with Gasteiger partial charge in [0, 0.05) is 31.7 Å². The summed E-state index contributed by atoms with van der Waals surface area (Å²) in [5, 5.41) is 10.9. The zero-order valence-electron chi connectivity index (χ0n) is 17.2.